The Labute approximate surface area is 75.5 Å². The Hall–Kier alpha value is -1.76. The minimum absolute atomic E-state index is 0.0824. The molecule has 0 radical (unpaired) electrons. The fourth-order valence-corrected chi connectivity index (χ4v) is 0.932. The van der Waals surface area contributed by atoms with E-state index in [-0.39, 0.29) is 17.0 Å². The molecule has 0 spiro atoms. The van der Waals surface area contributed by atoms with Crippen molar-refractivity contribution in [3.8, 4) is 11.8 Å². The van der Waals surface area contributed by atoms with Crippen LogP contribution in [0.4, 0.5) is 10.1 Å². The zero-order chi connectivity index (χ0) is 9.84. The van der Waals surface area contributed by atoms with Gasteiger partial charge in [0, 0.05) is 6.07 Å². The maximum Gasteiger partial charge on any atom is 0.166 e. The number of nitrogens with two attached hydrogens (primary N) is 1. The molecule has 4 heteroatoms. The van der Waals surface area contributed by atoms with Crippen LogP contribution < -0.4 is 10.5 Å². The highest BCUT2D eigenvalue weighted by Gasteiger charge is 2.07. The van der Waals surface area contributed by atoms with Crippen molar-refractivity contribution in [2.24, 2.45) is 0 Å². The van der Waals surface area contributed by atoms with E-state index in [4.69, 9.17) is 15.7 Å². The molecule has 1 aromatic rings. The number of nitrogens with zero attached hydrogens (tertiary/aromatic N) is 1. The summed E-state index contributed by atoms with van der Waals surface area (Å²) < 4.78 is 18.0. The molecule has 0 saturated carbocycles. The van der Waals surface area contributed by atoms with Crippen molar-refractivity contribution in [2.45, 2.75) is 6.92 Å². The lowest BCUT2D eigenvalue weighted by molar-refractivity contribution is 0.322. The summed E-state index contributed by atoms with van der Waals surface area (Å²) in [5.41, 5.74) is 5.82. The molecule has 0 fully saturated rings. The average Bonchev–Trinajstić information content (AvgIpc) is 2.11. The van der Waals surface area contributed by atoms with E-state index in [0.717, 1.165) is 6.07 Å². The van der Waals surface area contributed by atoms with Crippen molar-refractivity contribution in [3.05, 3.63) is 23.5 Å². The van der Waals surface area contributed by atoms with E-state index >= 15 is 0 Å². The molecule has 0 amide bonds. The topological polar surface area (TPSA) is 59.0 Å². The first kappa shape index (κ1) is 9.33. The number of ether oxygens (including phenoxy) is 1. The second kappa shape index (κ2) is 3.76. The van der Waals surface area contributed by atoms with Gasteiger partial charge in [0.2, 0.25) is 0 Å². The molecule has 0 atom stereocenters. The Bertz CT molecular complexity index is 357. The van der Waals surface area contributed by atoms with Gasteiger partial charge in [-0.1, -0.05) is 0 Å². The predicted octanol–water partition coefficient (Wildman–Crippen LogP) is 1.68. The number of hydrogen-bond acceptors (Lipinski definition) is 3. The van der Waals surface area contributed by atoms with E-state index in [1.807, 2.05) is 0 Å². The van der Waals surface area contributed by atoms with E-state index in [1.165, 1.54) is 6.07 Å². The van der Waals surface area contributed by atoms with Crippen LogP contribution in [-0.2, 0) is 0 Å². The first-order chi connectivity index (χ1) is 6.19. The van der Waals surface area contributed by atoms with Gasteiger partial charge in [0.25, 0.3) is 0 Å². The fraction of sp³-hybridized carbons (Fsp3) is 0.222. The SMILES string of the molecule is CCOc1cc(N)c(C#N)cc1F. The lowest BCUT2D eigenvalue weighted by atomic mass is 10.2. The second-order valence-electron chi connectivity index (χ2n) is 2.41. The number of anilines is 1. The number of nitrogen functional groups attached to an aromatic ring is 1. The van der Waals surface area contributed by atoms with Crippen molar-refractivity contribution in [1.82, 2.24) is 0 Å². The van der Waals surface area contributed by atoms with E-state index in [0.29, 0.717) is 6.61 Å². The lowest BCUT2D eigenvalue weighted by Gasteiger charge is -2.05. The van der Waals surface area contributed by atoms with Crippen molar-refractivity contribution >= 4 is 5.69 Å². The Kier molecular flexibility index (Phi) is 2.70. The molecule has 0 aliphatic heterocycles. The lowest BCUT2D eigenvalue weighted by Crippen LogP contribution is -1.98. The second-order valence-corrected chi connectivity index (χ2v) is 2.41. The maximum atomic E-state index is 13.1. The molecule has 68 valence electrons. The summed E-state index contributed by atoms with van der Waals surface area (Å²) in [5, 5.41) is 8.53. The predicted molar refractivity (Wildman–Crippen MR) is 46.7 cm³/mol. The third-order valence-corrected chi connectivity index (χ3v) is 1.52. The Morgan fingerprint density at radius 2 is 2.31 bits per heavy atom. The summed E-state index contributed by atoms with van der Waals surface area (Å²) in [6, 6.07) is 4.17. The third kappa shape index (κ3) is 1.88. The molecule has 13 heavy (non-hydrogen) atoms. The molecule has 0 saturated heterocycles. The Morgan fingerprint density at radius 3 is 2.85 bits per heavy atom. The molecule has 1 rings (SSSR count). The van der Waals surface area contributed by atoms with Gasteiger partial charge in [-0.3, -0.25) is 0 Å². The smallest absolute Gasteiger partial charge is 0.166 e. The summed E-state index contributed by atoms with van der Waals surface area (Å²) in [6.07, 6.45) is 0. The molecule has 0 bridgehead atoms. The van der Waals surface area contributed by atoms with Gasteiger partial charge in [0.05, 0.1) is 17.9 Å². The first-order valence-corrected chi connectivity index (χ1v) is 3.81. The minimum atomic E-state index is -0.562. The van der Waals surface area contributed by atoms with E-state index in [9.17, 15) is 4.39 Å². The summed E-state index contributed by atoms with van der Waals surface area (Å²) >= 11 is 0. The summed E-state index contributed by atoms with van der Waals surface area (Å²) in [4.78, 5) is 0. The van der Waals surface area contributed by atoms with E-state index in [1.54, 1.807) is 13.0 Å². The first-order valence-electron chi connectivity index (χ1n) is 3.81. The van der Waals surface area contributed by atoms with Crippen LogP contribution in [0.1, 0.15) is 12.5 Å². The monoisotopic (exact) mass is 180 g/mol. The fourth-order valence-electron chi connectivity index (χ4n) is 0.932. The highest BCUT2D eigenvalue weighted by Crippen LogP contribution is 2.23. The molecular formula is C9H9FN2O. The summed E-state index contributed by atoms with van der Waals surface area (Å²) in [7, 11) is 0. The average molecular weight is 180 g/mol. The van der Waals surface area contributed by atoms with Gasteiger partial charge in [-0.2, -0.15) is 5.26 Å². The van der Waals surface area contributed by atoms with E-state index < -0.39 is 5.82 Å². The zero-order valence-electron chi connectivity index (χ0n) is 7.17. The van der Waals surface area contributed by atoms with Crippen molar-refractivity contribution in [3.63, 3.8) is 0 Å². The van der Waals surface area contributed by atoms with Crippen LogP contribution in [-0.4, -0.2) is 6.61 Å². The quantitative estimate of drug-likeness (QED) is 0.704. The Morgan fingerprint density at radius 1 is 1.62 bits per heavy atom. The molecule has 0 aliphatic carbocycles. The van der Waals surface area contributed by atoms with Crippen molar-refractivity contribution in [1.29, 1.82) is 5.26 Å². The van der Waals surface area contributed by atoms with E-state index in [2.05, 4.69) is 0 Å². The molecule has 1 aromatic carbocycles. The molecule has 3 nitrogen and oxygen atoms in total. The van der Waals surface area contributed by atoms with Gasteiger partial charge < -0.3 is 10.5 Å². The largest absolute Gasteiger partial charge is 0.491 e. The molecule has 0 aromatic heterocycles. The van der Waals surface area contributed by atoms with Crippen molar-refractivity contribution in [2.75, 3.05) is 12.3 Å². The zero-order valence-corrected chi connectivity index (χ0v) is 7.17. The van der Waals surface area contributed by atoms with Crippen LogP contribution in [0.3, 0.4) is 0 Å². The van der Waals surface area contributed by atoms with Crippen molar-refractivity contribution < 1.29 is 9.13 Å². The molecule has 0 aliphatic rings. The van der Waals surface area contributed by atoms with Gasteiger partial charge in [-0.05, 0) is 13.0 Å². The van der Waals surface area contributed by atoms with Crippen LogP contribution in [0.5, 0.6) is 5.75 Å². The van der Waals surface area contributed by atoms with Crippen LogP contribution in [0.2, 0.25) is 0 Å². The number of halogens is 1. The number of benzene rings is 1. The molecule has 0 unspecified atom stereocenters. The highest BCUT2D eigenvalue weighted by atomic mass is 19.1. The number of hydrogen-bond donors (Lipinski definition) is 1. The molecule has 0 heterocycles. The number of rotatable bonds is 2. The highest BCUT2D eigenvalue weighted by molar-refractivity contribution is 5.57. The maximum absolute atomic E-state index is 13.1. The summed E-state index contributed by atoms with van der Waals surface area (Å²) in [5.74, 6) is -0.480. The Balaban J connectivity index is 3.14. The standard InChI is InChI=1S/C9H9FN2O/c1-2-13-9-4-8(12)6(5-11)3-7(9)10/h3-4H,2,12H2,1H3. The van der Waals surface area contributed by atoms with Crippen LogP contribution in [0.15, 0.2) is 12.1 Å². The normalized spacial score (nSPS) is 9.31. The molecular weight excluding hydrogens is 171 g/mol. The van der Waals surface area contributed by atoms with Crippen LogP contribution in [0.25, 0.3) is 0 Å². The van der Waals surface area contributed by atoms with Gasteiger partial charge >= 0.3 is 0 Å². The van der Waals surface area contributed by atoms with Gasteiger partial charge in [-0.15, -0.1) is 0 Å². The van der Waals surface area contributed by atoms with Gasteiger partial charge in [0.1, 0.15) is 6.07 Å². The van der Waals surface area contributed by atoms with Crippen LogP contribution in [0, 0.1) is 17.1 Å². The van der Waals surface area contributed by atoms with Gasteiger partial charge in [-0.25, -0.2) is 4.39 Å². The minimum Gasteiger partial charge on any atom is -0.491 e. The third-order valence-electron chi connectivity index (χ3n) is 1.52. The summed E-state index contributed by atoms with van der Waals surface area (Å²) in [6.45, 7) is 2.11. The van der Waals surface area contributed by atoms with Gasteiger partial charge in [0.15, 0.2) is 11.6 Å². The van der Waals surface area contributed by atoms with Crippen LogP contribution >= 0.6 is 0 Å². The number of nitriles is 1. The molecule has 2 N–H and O–H groups in total.